The van der Waals surface area contributed by atoms with Crippen molar-refractivity contribution in [1.82, 2.24) is 0 Å². The van der Waals surface area contributed by atoms with Gasteiger partial charge in [-0.3, -0.25) is 9.52 Å². The zero-order chi connectivity index (χ0) is 18.7. The first-order valence-electron chi connectivity index (χ1n) is 6.78. The summed E-state index contributed by atoms with van der Waals surface area (Å²) in [6.45, 7) is 0. The van der Waals surface area contributed by atoms with Crippen LogP contribution in [0.2, 0.25) is 0 Å². The first kappa shape index (κ1) is 19.1. The van der Waals surface area contributed by atoms with Crippen molar-refractivity contribution in [2.24, 2.45) is 0 Å². The van der Waals surface area contributed by atoms with Crippen LogP contribution in [0.1, 0.15) is 5.56 Å². The van der Waals surface area contributed by atoms with Crippen LogP contribution in [-0.2, 0) is 21.0 Å². The van der Waals surface area contributed by atoms with Gasteiger partial charge >= 0.3 is 6.18 Å². The van der Waals surface area contributed by atoms with Crippen LogP contribution in [0.3, 0.4) is 0 Å². The highest BCUT2D eigenvalue weighted by molar-refractivity contribution is 7.92. The van der Waals surface area contributed by atoms with Gasteiger partial charge in [-0.05, 0) is 30.3 Å². The summed E-state index contributed by atoms with van der Waals surface area (Å²) in [4.78, 5) is 10.7. The summed E-state index contributed by atoms with van der Waals surface area (Å²) in [5, 5.41) is 2.12. The Bertz CT molecular complexity index is 871. The van der Waals surface area contributed by atoms with E-state index < -0.39 is 38.4 Å². The molecule has 0 saturated heterocycles. The Morgan fingerprint density at radius 2 is 1.68 bits per heavy atom. The molecular formula is C15H12ClF3N2O3S. The fraction of sp³-hybridized carbons (Fsp3) is 0.133. The predicted octanol–water partition coefficient (Wildman–Crippen LogP) is 3.68. The van der Waals surface area contributed by atoms with Gasteiger partial charge in [0.2, 0.25) is 5.91 Å². The Morgan fingerprint density at radius 3 is 2.24 bits per heavy atom. The van der Waals surface area contributed by atoms with Crippen LogP contribution in [0.25, 0.3) is 0 Å². The lowest BCUT2D eigenvalue weighted by Crippen LogP contribution is -2.17. The van der Waals surface area contributed by atoms with E-state index in [2.05, 4.69) is 10.0 Å². The number of halogens is 4. The number of anilines is 2. The average molecular weight is 393 g/mol. The second-order valence-corrected chi connectivity index (χ2v) is 6.85. The highest BCUT2D eigenvalue weighted by Crippen LogP contribution is 2.33. The van der Waals surface area contributed by atoms with E-state index in [4.69, 9.17) is 11.6 Å². The fourth-order valence-corrected chi connectivity index (χ4v) is 3.10. The fourth-order valence-electron chi connectivity index (χ4n) is 1.90. The zero-order valence-corrected chi connectivity index (χ0v) is 14.0. The van der Waals surface area contributed by atoms with Gasteiger partial charge in [0.25, 0.3) is 10.0 Å². The van der Waals surface area contributed by atoms with Crippen molar-refractivity contribution in [3.05, 3.63) is 54.1 Å². The molecule has 10 heteroatoms. The molecule has 0 fully saturated rings. The van der Waals surface area contributed by atoms with E-state index in [0.717, 1.165) is 6.07 Å². The molecule has 2 aromatic carbocycles. The minimum atomic E-state index is -4.79. The Balaban J connectivity index is 2.47. The number of hydrogen-bond donors (Lipinski definition) is 2. The number of para-hydroxylation sites is 1. The van der Waals surface area contributed by atoms with Gasteiger partial charge in [-0.1, -0.05) is 18.2 Å². The minimum absolute atomic E-state index is 0.186. The van der Waals surface area contributed by atoms with Crippen molar-refractivity contribution in [2.75, 3.05) is 15.9 Å². The number of nitrogens with one attached hydrogen (secondary N) is 2. The van der Waals surface area contributed by atoms with Gasteiger partial charge < -0.3 is 5.32 Å². The molecular weight excluding hydrogens is 381 g/mol. The molecule has 0 aliphatic rings. The van der Waals surface area contributed by atoms with Crippen LogP contribution in [0.4, 0.5) is 24.5 Å². The number of benzene rings is 2. The molecule has 0 unspecified atom stereocenters. The second kappa shape index (κ2) is 7.32. The molecule has 2 rings (SSSR count). The lowest BCUT2D eigenvalue weighted by atomic mass is 10.2. The number of carbonyl (C=O) groups is 1. The van der Waals surface area contributed by atoms with Crippen LogP contribution in [0.15, 0.2) is 53.4 Å². The number of sulfonamides is 1. The predicted molar refractivity (Wildman–Crippen MR) is 88.0 cm³/mol. The van der Waals surface area contributed by atoms with Crippen molar-refractivity contribution < 1.29 is 26.4 Å². The molecule has 5 nitrogen and oxygen atoms in total. The zero-order valence-electron chi connectivity index (χ0n) is 12.5. The van der Waals surface area contributed by atoms with E-state index in [9.17, 15) is 26.4 Å². The highest BCUT2D eigenvalue weighted by Gasteiger charge is 2.33. The summed E-state index contributed by atoms with van der Waals surface area (Å²) >= 11 is 5.30. The Kier molecular flexibility index (Phi) is 5.58. The SMILES string of the molecule is O=C(CCl)Nc1cc(C(F)(F)F)cc(S(=O)(=O)Nc2ccccc2)c1. The van der Waals surface area contributed by atoms with Crippen LogP contribution in [-0.4, -0.2) is 20.2 Å². The molecule has 2 N–H and O–H groups in total. The standard InChI is InChI=1S/C15H12ClF3N2O3S/c16-9-14(22)20-12-6-10(15(17,18)19)7-13(8-12)25(23,24)21-11-4-2-1-3-5-11/h1-8,21H,9H2,(H,20,22). The lowest BCUT2D eigenvalue weighted by Gasteiger charge is -2.14. The van der Waals surface area contributed by atoms with Gasteiger partial charge in [-0.15, -0.1) is 11.6 Å². The van der Waals surface area contributed by atoms with Gasteiger partial charge in [0.05, 0.1) is 10.5 Å². The summed E-state index contributed by atoms with van der Waals surface area (Å²) in [6.07, 6.45) is -4.79. The number of carbonyl (C=O) groups excluding carboxylic acids is 1. The average Bonchev–Trinajstić information content (AvgIpc) is 2.54. The van der Waals surface area contributed by atoms with Crippen LogP contribution in [0, 0.1) is 0 Å². The van der Waals surface area contributed by atoms with Crippen molar-refractivity contribution in [3.8, 4) is 0 Å². The Hall–Kier alpha value is -2.26. The monoisotopic (exact) mass is 392 g/mol. The summed E-state index contributed by atoms with van der Waals surface area (Å²) < 4.78 is 66.0. The Labute approximate surface area is 146 Å². The number of rotatable bonds is 5. The topological polar surface area (TPSA) is 75.3 Å². The summed E-state index contributed by atoms with van der Waals surface area (Å²) in [5.74, 6) is -1.25. The highest BCUT2D eigenvalue weighted by atomic mass is 35.5. The Morgan fingerprint density at radius 1 is 1.04 bits per heavy atom. The number of alkyl halides is 4. The maximum Gasteiger partial charge on any atom is 0.416 e. The molecule has 0 spiro atoms. The summed E-state index contributed by atoms with van der Waals surface area (Å²) in [6, 6.07) is 9.72. The molecule has 0 saturated carbocycles. The molecule has 0 atom stereocenters. The second-order valence-electron chi connectivity index (χ2n) is 4.90. The third kappa shape index (κ3) is 5.10. The molecule has 0 heterocycles. The summed E-state index contributed by atoms with van der Waals surface area (Å²) in [5.41, 5.74) is -1.35. The van der Waals surface area contributed by atoms with E-state index >= 15 is 0 Å². The van der Waals surface area contributed by atoms with Gasteiger partial charge in [-0.25, -0.2) is 8.42 Å². The molecule has 0 aromatic heterocycles. The smallest absolute Gasteiger partial charge is 0.325 e. The van der Waals surface area contributed by atoms with Crippen molar-refractivity contribution in [3.63, 3.8) is 0 Å². The van der Waals surface area contributed by atoms with Crippen molar-refractivity contribution in [2.45, 2.75) is 11.1 Å². The molecule has 25 heavy (non-hydrogen) atoms. The molecule has 0 aliphatic carbocycles. The van der Waals surface area contributed by atoms with Gasteiger partial charge in [-0.2, -0.15) is 13.2 Å². The molecule has 134 valence electrons. The molecule has 0 radical (unpaired) electrons. The molecule has 2 aromatic rings. The van der Waals surface area contributed by atoms with Gasteiger partial charge in [0.15, 0.2) is 0 Å². The minimum Gasteiger partial charge on any atom is -0.325 e. The van der Waals surface area contributed by atoms with Gasteiger partial charge in [0, 0.05) is 11.4 Å². The first-order chi connectivity index (χ1) is 11.6. The van der Waals surface area contributed by atoms with E-state index in [1.807, 2.05) is 0 Å². The normalized spacial score (nSPS) is 11.8. The van der Waals surface area contributed by atoms with E-state index in [-0.39, 0.29) is 11.4 Å². The third-order valence-corrected chi connectivity index (χ3v) is 4.58. The van der Waals surface area contributed by atoms with Crippen LogP contribution >= 0.6 is 11.6 Å². The van der Waals surface area contributed by atoms with E-state index in [1.54, 1.807) is 18.2 Å². The number of hydrogen-bond acceptors (Lipinski definition) is 3. The van der Waals surface area contributed by atoms with Crippen molar-refractivity contribution in [1.29, 1.82) is 0 Å². The maximum absolute atomic E-state index is 13.0. The third-order valence-electron chi connectivity index (χ3n) is 2.98. The quantitative estimate of drug-likeness (QED) is 0.762. The number of amides is 1. The van der Waals surface area contributed by atoms with Crippen LogP contribution in [0.5, 0.6) is 0 Å². The van der Waals surface area contributed by atoms with Gasteiger partial charge in [0.1, 0.15) is 5.88 Å². The molecule has 0 aliphatic heterocycles. The van der Waals surface area contributed by atoms with Crippen LogP contribution < -0.4 is 10.0 Å². The first-order valence-corrected chi connectivity index (χ1v) is 8.79. The summed E-state index contributed by atoms with van der Waals surface area (Å²) in [7, 11) is -4.30. The molecule has 0 bridgehead atoms. The lowest BCUT2D eigenvalue weighted by molar-refractivity contribution is -0.137. The van der Waals surface area contributed by atoms with Crippen molar-refractivity contribution >= 4 is 38.9 Å². The molecule has 1 amide bonds. The van der Waals surface area contributed by atoms with E-state index in [0.29, 0.717) is 12.1 Å². The largest absolute Gasteiger partial charge is 0.416 e. The van der Waals surface area contributed by atoms with E-state index in [1.165, 1.54) is 12.1 Å². The maximum atomic E-state index is 13.0.